The Morgan fingerprint density at radius 1 is 1.00 bits per heavy atom. The van der Waals surface area contributed by atoms with E-state index in [4.69, 9.17) is 0 Å². The van der Waals surface area contributed by atoms with Crippen molar-refractivity contribution in [3.05, 3.63) is 77.1 Å². The van der Waals surface area contributed by atoms with Crippen molar-refractivity contribution >= 4 is 17.5 Å². The monoisotopic (exact) mass is 363 g/mol. The summed E-state index contributed by atoms with van der Waals surface area (Å²) in [6.45, 7) is 4.23. The van der Waals surface area contributed by atoms with Gasteiger partial charge in [0.2, 0.25) is 5.91 Å². The van der Waals surface area contributed by atoms with Gasteiger partial charge in [0.15, 0.2) is 5.69 Å². The molecule has 1 aromatic heterocycles. The zero-order chi connectivity index (χ0) is 19.2. The van der Waals surface area contributed by atoms with Gasteiger partial charge in [0.05, 0.1) is 19.3 Å². The molecule has 0 saturated heterocycles. The third-order valence-corrected chi connectivity index (χ3v) is 4.11. The maximum atomic E-state index is 12.2. The van der Waals surface area contributed by atoms with E-state index in [1.54, 1.807) is 10.9 Å². The number of para-hydroxylation sites is 1. The number of carbonyl (C=O) groups excluding carboxylic acids is 2. The summed E-state index contributed by atoms with van der Waals surface area (Å²) in [7, 11) is 0. The Balaban J connectivity index is 1.54. The van der Waals surface area contributed by atoms with E-state index in [1.807, 2.05) is 62.4 Å². The molecule has 3 rings (SSSR count). The van der Waals surface area contributed by atoms with Crippen LogP contribution in [0.5, 0.6) is 0 Å². The summed E-state index contributed by atoms with van der Waals surface area (Å²) in [4.78, 5) is 24.3. The predicted octanol–water partition coefficient (Wildman–Crippen LogP) is 2.31. The molecule has 138 valence electrons. The highest BCUT2D eigenvalue weighted by atomic mass is 16.2. The number of nitrogens with zero attached hydrogens (tertiary/aromatic N) is 3. The normalized spacial score (nSPS) is 10.4. The molecule has 0 fully saturated rings. The zero-order valence-corrected chi connectivity index (χ0v) is 15.3. The second-order valence-electron chi connectivity index (χ2n) is 6.28. The quantitative estimate of drug-likeness (QED) is 0.703. The van der Waals surface area contributed by atoms with Gasteiger partial charge in [-0.3, -0.25) is 9.59 Å². The van der Waals surface area contributed by atoms with Crippen LogP contribution in [0.15, 0.2) is 54.7 Å². The molecule has 0 saturated carbocycles. The summed E-state index contributed by atoms with van der Waals surface area (Å²) in [5, 5.41) is 13.2. The van der Waals surface area contributed by atoms with Crippen molar-refractivity contribution < 1.29 is 9.59 Å². The number of anilines is 1. The first kappa shape index (κ1) is 18.3. The minimum Gasteiger partial charge on any atom is -0.342 e. The lowest BCUT2D eigenvalue weighted by Crippen LogP contribution is -2.33. The lowest BCUT2D eigenvalue weighted by Gasteiger charge is -2.11. The Bertz CT molecular complexity index is 930. The zero-order valence-electron chi connectivity index (χ0n) is 15.3. The van der Waals surface area contributed by atoms with Crippen LogP contribution in [0.2, 0.25) is 0 Å². The highest BCUT2D eigenvalue weighted by Crippen LogP contribution is 2.18. The van der Waals surface area contributed by atoms with Gasteiger partial charge in [-0.1, -0.05) is 53.7 Å². The molecule has 3 aromatic rings. The minimum absolute atomic E-state index is 0.141. The number of nitrogens with one attached hydrogen (secondary N) is 2. The average molecular weight is 363 g/mol. The highest BCUT2D eigenvalue weighted by molar-refractivity contribution is 5.98. The molecule has 7 heteroatoms. The number of amides is 2. The number of benzene rings is 2. The van der Waals surface area contributed by atoms with Gasteiger partial charge in [-0.05, 0) is 30.5 Å². The molecule has 0 aliphatic rings. The smallest absolute Gasteiger partial charge is 0.273 e. The topological polar surface area (TPSA) is 88.9 Å². The molecule has 0 aliphatic heterocycles. The van der Waals surface area contributed by atoms with Gasteiger partial charge in [0.1, 0.15) is 0 Å². The molecule has 0 unspecified atom stereocenters. The SMILES string of the molecule is Cc1cccc(C)c1NC(=O)CNC(=O)c1cn(Cc2ccccc2)nn1. The van der Waals surface area contributed by atoms with Crippen LogP contribution in [0.1, 0.15) is 27.2 Å². The summed E-state index contributed by atoms with van der Waals surface area (Å²) in [5.41, 5.74) is 3.94. The fourth-order valence-electron chi connectivity index (χ4n) is 2.70. The fourth-order valence-corrected chi connectivity index (χ4v) is 2.70. The van der Waals surface area contributed by atoms with Crippen LogP contribution in [-0.4, -0.2) is 33.4 Å². The van der Waals surface area contributed by atoms with E-state index in [0.717, 1.165) is 22.4 Å². The van der Waals surface area contributed by atoms with Crippen LogP contribution < -0.4 is 10.6 Å². The molecule has 0 bridgehead atoms. The molecule has 2 amide bonds. The van der Waals surface area contributed by atoms with Gasteiger partial charge in [0, 0.05) is 5.69 Å². The second-order valence-corrected chi connectivity index (χ2v) is 6.28. The maximum absolute atomic E-state index is 12.2. The van der Waals surface area contributed by atoms with Crippen LogP contribution >= 0.6 is 0 Å². The Morgan fingerprint density at radius 3 is 2.41 bits per heavy atom. The van der Waals surface area contributed by atoms with Crippen molar-refractivity contribution in [1.82, 2.24) is 20.3 Å². The number of hydrogen-bond acceptors (Lipinski definition) is 4. The maximum Gasteiger partial charge on any atom is 0.273 e. The van der Waals surface area contributed by atoms with Crippen LogP contribution in [0.3, 0.4) is 0 Å². The summed E-state index contributed by atoms with van der Waals surface area (Å²) in [6, 6.07) is 15.5. The van der Waals surface area contributed by atoms with Gasteiger partial charge in [-0.15, -0.1) is 5.10 Å². The average Bonchev–Trinajstić information content (AvgIpc) is 3.12. The number of aryl methyl sites for hydroxylation is 2. The lowest BCUT2D eigenvalue weighted by atomic mass is 10.1. The Kier molecular flexibility index (Phi) is 5.61. The Labute approximate surface area is 157 Å². The van der Waals surface area contributed by atoms with Crippen LogP contribution in [0.4, 0.5) is 5.69 Å². The van der Waals surface area contributed by atoms with Gasteiger partial charge in [-0.25, -0.2) is 4.68 Å². The standard InChI is InChI=1S/C20H21N5O2/c1-14-7-6-8-15(2)19(14)22-18(26)11-21-20(27)17-13-25(24-23-17)12-16-9-4-3-5-10-16/h3-10,13H,11-12H2,1-2H3,(H,21,27)(H,22,26). The molecule has 0 spiro atoms. The molecule has 0 aliphatic carbocycles. The molecule has 0 atom stereocenters. The molecule has 2 N–H and O–H groups in total. The third kappa shape index (κ3) is 4.78. The van der Waals surface area contributed by atoms with E-state index in [2.05, 4.69) is 20.9 Å². The van der Waals surface area contributed by atoms with E-state index in [-0.39, 0.29) is 18.1 Å². The Morgan fingerprint density at radius 2 is 1.70 bits per heavy atom. The summed E-state index contributed by atoms with van der Waals surface area (Å²) in [6.07, 6.45) is 1.56. The molecule has 0 radical (unpaired) electrons. The second kappa shape index (κ2) is 8.27. The van der Waals surface area contributed by atoms with Crippen molar-refractivity contribution in [3.8, 4) is 0 Å². The van der Waals surface area contributed by atoms with Crippen molar-refractivity contribution in [2.24, 2.45) is 0 Å². The third-order valence-electron chi connectivity index (χ3n) is 4.11. The van der Waals surface area contributed by atoms with Crippen LogP contribution in [-0.2, 0) is 11.3 Å². The van der Waals surface area contributed by atoms with Gasteiger partial charge >= 0.3 is 0 Å². The van der Waals surface area contributed by atoms with Gasteiger partial charge < -0.3 is 10.6 Å². The fraction of sp³-hybridized carbons (Fsp3) is 0.200. The van der Waals surface area contributed by atoms with E-state index in [0.29, 0.717) is 6.54 Å². The molecular weight excluding hydrogens is 342 g/mol. The van der Waals surface area contributed by atoms with Gasteiger partial charge in [0.25, 0.3) is 5.91 Å². The first-order chi connectivity index (χ1) is 13.0. The summed E-state index contributed by atoms with van der Waals surface area (Å²) < 4.78 is 1.58. The first-order valence-electron chi connectivity index (χ1n) is 8.61. The van der Waals surface area contributed by atoms with Crippen molar-refractivity contribution in [2.45, 2.75) is 20.4 Å². The summed E-state index contributed by atoms with van der Waals surface area (Å²) >= 11 is 0. The minimum atomic E-state index is -0.439. The molecular formula is C20H21N5O2. The first-order valence-corrected chi connectivity index (χ1v) is 8.61. The molecule has 2 aromatic carbocycles. The van der Waals surface area contributed by atoms with Crippen LogP contribution in [0, 0.1) is 13.8 Å². The molecule has 7 nitrogen and oxygen atoms in total. The Hall–Kier alpha value is -3.48. The number of hydrogen-bond donors (Lipinski definition) is 2. The lowest BCUT2D eigenvalue weighted by molar-refractivity contribution is -0.115. The number of carbonyl (C=O) groups is 2. The largest absolute Gasteiger partial charge is 0.342 e. The van der Waals surface area contributed by atoms with E-state index >= 15 is 0 Å². The van der Waals surface area contributed by atoms with E-state index < -0.39 is 5.91 Å². The van der Waals surface area contributed by atoms with E-state index in [1.165, 1.54) is 0 Å². The van der Waals surface area contributed by atoms with Crippen molar-refractivity contribution in [3.63, 3.8) is 0 Å². The number of rotatable bonds is 6. The van der Waals surface area contributed by atoms with Gasteiger partial charge in [-0.2, -0.15) is 0 Å². The van der Waals surface area contributed by atoms with Crippen LogP contribution in [0.25, 0.3) is 0 Å². The van der Waals surface area contributed by atoms with E-state index in [9.17, 15) is 9.59 Å². The summed E-state index contributed by atoms with van der Waals surface area (Å²) in [5.74, 6) is -0.733. The van der Waals surface area contributed by atoms with Crippen molar-refractivity contribution in [2.75, 3.05) is 11.9 Å². The molecule has 27 heavy (non-hydrogen) atoms. The number of aromatic nitrogens is 3. The predicted molar refractivity (Wildman–Crippen MR) is 102 cm³/mol. The highest BCUT2D eigenvalue weighted by Gasteiger charge is 2.13. The van der Waals surface area contributed by atoms with Crippen molar-refractivity contribution in [1.29, 1.82) is 0 Å². The molecule has 1 heterocycles.